The molecule has 0 amide bonds. The van der Waals surface area contributed by atoms with Crippen molar-refractivity contribution in [1.82, 2.24) is 4.57 Å². The predicted molar refractivity (Wildman–Crippen MR) is 174 cm³/mol. The lowest BCUT2D eigenvalue weighted by Crippen LogP contribution is -2.40. The first-order valence-electron chi connectivity index (χ1n) is 14.5. The summed E-state index contributed by atoms with van der Waals surface area (Å²) in [5.41, 5.74) is 1.50. The molecule has 1 aliphatic heterocycles. The van der Waals surface area contributed by atoms with E-state index in [2.05, 4.69) is 4.99 Å². The smallest absolute Gasteiger partial charge is 0.339 e. The molecule has 2 aromatic carbocycles. The number of ether oxygens (including phenoxy) is 4. The maximum Gasteiger partial charge on any atom is 0.339 e. The molecular weight excluding hydrogens is 632 g/mol. The van der Waals surface area contributed by atoms with Crippen LogP contribution in [0.2, 0.25) is 5.02 Å². The monoisotopic (exact) mass is 664 g/mol. The van der Waals surface area contributed by atoms with E-state index in [9.17, 15) is 14.4 Å². The number of furan rings is 1. The second-order valence-corrected chi connectivity index (χ2v) is 12.4. The lowest BCUT2D eigenvalue weighted by atomic mass is 9.94. The molecule has 1 aliphatic rings. The molecule has 240 valence electrons. The van der Waals surface area contributed by atoms with Crippen molar-refractivity contribution < 1.29 is 33.0 Å². The van der Waals surface area contributed by atoms with Gasteiger partial charge in [0, 0.05) is 22.2 Å². The van der Waals surface area contributed by atoms with Gasteiger partial charge in [0.2, 0.25) is 0 Å². The first-order chi connectivity index (χ1) is 21.9. The summed E-state index contributed by atoms with van der Waals surface area (Å²) in [4.78, 5) is 45.4. The fourth-order valence-electron chi connectivity index (χ4n) is 5.09. The molecule has 3 heterocycles. The number of esters is 2. The number of allylic oxidation sites excluding steroid dienone is 1. The van der Waals surface area contributed by atoms with Crippen LogP contribution in [0, 0.1) is 0 Å². The van der Waals surface area contributed by atoms with Crippen LogP contribution in [0.5, 0.6) is 11.5 Å². The first-order valence-corrected chi connectivity index (χ1v) is 15.7. The second kappa shape index (κ2) is 13.4. The molecule has 2 aromatic heterocycles. The number of thiazole rings is 1. The maximum atomic E-state index is 14.1. The fraction of sp³-hybridized carbons (Fsp3) is 0.294. The molecule has 0 bridgehead atoms. The van der Waals surface area contributed by atoms with Crippen molar-refractivity contribution in [2.75, 3.05) is 14.2 Å². The number of methoxy groups -OCH3 is 2. The van der Waals surface area contributed by atoms with Gasteiger partial charge in [-0.2, -0.15) is 0 Å². The van der Waals surface area contributed by atoms with E-state index in [4.69, 9.17) is 35.0 Å². The molecule has 46 heavy (non-hydrogen) atoms. The predicted octanol–water partition coefficient (Wildman–Crippen LogP) is 5.68. The van der Waals surface area contributed by atoms with E-state index in [-0.39, 0.29) is 11.7 Å². The Kier molecular flexibility index (Phi) is 9.55. The first kappa shape index (κ1) is 32.8. The minimum Gasteiger partial charge on any atom is -0.497 e. The number of hydrogen-bond acceptors (Lipinski definition) is 10. The van der Waals surface area contributed by atoms with Crippen LogP contribution in [0.4, 0.5) is 0 Å². The van der Waals surface area contributed by atoms with E-state index in [1.807, 2.05) is 0 Å². The maximum absolute atomic E-state index is 14.1. The number of rotatable bonds is 9. The summed E-state index contributed by atoms with van der Waals surface area (Å²) < 4.78 is 30.0. The van der Waals surface area contributed by atoms with Gasteiger partial charge in [-0.15, -0.1) is 0 Å². The highest BCUT2D eigenvalue weighted by molar-refractivity contribution is 7.07. The molecule has 5 rings (SSSR count). The molecule has 1 atom stereocenters. The van der Waals surface area contributed by atoms with Crippen molar-refractivity contribution in [1.29, 1.82) is 0 Å². The quantitative estimate of drug-likeness (QED) is 0.210. The van der Waals surface area contributed by atoms with Gasteiger partial charge in [-0.1, -0.05) is 22.9 Å². The van der Waals surface area contributed by atoms with Crippen molar-refractivity contribution in [2.45, 2.75) is 52.9 Å². The summed E-state index contributed by atoms with van der Waals surface area (Å²) in [5, 5.41) is 0.414. The average molecular weight is 665 g/mol. The Hall–Kier alpha value is -4.61. The van der Waals surface area contributed by atoms with Crippen LogP contribution in [0.15, 0.2) is 74.0 Å². The minimum absolute atomic E-state index is 0.209. The van der Waals surface area contributed by atoms with Crippen LogP contribution in [-0.4, -0.2) is 42.9 Å². The summed E-state index contributed by atoms with van der Waals surface area (Å²) in [6.45, 7) is 8.74. The Morgan fingerprint density at radius 3 is 2.37 bits per heavy atom. The Balaban J connectivity index is 1.65. The topological polar surface area (TPSA) is 119 Å². The zero-order chi connectivity index (χ0) is 33.3. The van der Waals surface area contributed by atoms with Crippen LogP contribution in [0.1, 0.15) is 62.3 Å². The van der Waals surface area contributed by atoms with Gasteiger partial charge in [-0.25, -0.2) is 14.6 Å². The number of nitrogens with zero attached hydrogens (tertiary/aromatic N) is 2. The number of fused-ring (bicyclic) bond motifs is 1. The minimum atomic E-state index is -0.914. The van der Waals surface area contributed by atoms with Gasteiger partial charge in [-0.05, 0) is 83.1 Å². The van der Waals surface area contributed by atoms with E-state index < -0.39 is 29.6 Å². The number of halogens is 1. The Bertz CT molecular complexity index is 2040. The van der Waals surface area contributed by atoms with Crippen LogP contribution in [0.3, 0.4) is 0 Å². The van der Waals surface area contributed by atoms with E-state index in [1.54, 1.807) is 89.2 Å². The van der Waals surface area contributed by atoms with Gasteiger partial charge in [-0.3, -0.25) is 9.36 Å². The highest BCUT2D eigenvalue weighted by Gasteiger charge is 2.36. The standard InChI is InChI=1S/C34H33ClN2O8S/c1-17(2)43-32(39)23-11-8-20(35)14-24(23)27-13-10-22(45-27)16-28-31(38)37-30(25-15-21(41-6)9-12-26(25)42-7)29(33(40)44-18(3)4)19(5)36-34(37)46-28/h8-18,30H,1-7H3/b28-16-/t30-/m0/s1. The summed E-state index contributed by atoms with van der Waals surface area (Å²) in [7, 11) is 3.04. The fourth-order valence-corrected chi connectivity index (χ4v) is 6.29. The van der Waals surface area contributed by atoms with Crippen LogP contribution < -0.4 is 24.4 Å². The molecule has 0 saturated heterocycles. The van der Waals surface area contributed by atoms with Gasteiger partial charge < -0.3 is 23.4 Å². The van der Waals surface area contributed by atoms with Gasteiger partial charge in [0.1, 0.15) is 29.1 Å². The van der Waals surface area contributed by atoms with Crippen molar-refractivity contribution in [2.24, 2.45) is 4.99 Å². The number of carbonyl (C=O) groups is 2. The Morgan fingerprint density at radius 1 is 0.978 bits per heavy atom. The molecule has 4 aromatic rings. The number of benzene rings is 2. The molecule has 0 fully saturated rings. The Morgan fingerprint density at radius 2 is 1.70 bits per heavy atom. The van der Waals surface area contributed by atoms with E-state index in [1.165, 1.54) is 18.8 Å². The summed E-state index contributed by atoms with van der Waals surface area (Å²) >= 11 is 7.41. The lowest BCUT2D eigenvalue weighted by molar-refractivity contribution is -0.143. The molecule has 0 radical (unpaired) electrons. The van der Waals surface area contributed by atoms with E-state index in [0.717, 1.165) is 11.3 Å². The summed E-state index contributed by atoms with van der Waals surface area (Å²) in [5.74, 6) is 0.589. The third-order valence-electron chi connectivity index (χ3n) is 7.03. The molecule has 0 spiro atoms. The number of aromatic nitrogens is 1. The molecule has 12 heteroatoms. The van der Waals surface area contributed by atoms with Crippen LogP contribution >= 0.6 is 22.9 Å². The van der Waals surface area contributed by atoms with E-state index in [0.29, 0.717) is 59.8 Å². The second-order valence-electron chi connectivity index (χ2n) is 11.0. The SMILES string of the molecule is COc1ccc(OC)c([C@H]2C(C(=O)OC(C)C)=C(C)N=c3s/c(=C\c4ccc(-c5cc(Cl)ccc5C(=O)OC(C)C)o4)c(=O)n32)c1. The largest absolute Gasteiger partial charge is 0.497 e. The zero-order valence-electron chi connectivity index (χ0n) is 26.4. The molecule has 0 unspecified atom stereocenters. The van der Waals surface area contributed by atoms with Gasteiger partial charge in [0.25, 0.3) is 5.56 Å². The van der Waals surface area contributed by atoms with E-state index >= 15 is 0 Å². The van der Waals surface area contributed by atoms with Crippen molar-refractivity contribution in [3.8, 4) is 22.8 Å². The summed E-state index contributed by atoms with van der Waals surface area (Å²) in [6.07, 6.45) is 0.881. The van der Waals surface area contributed by atoms with Gasteiger partial charge >= 0.3 is 11.9 Å². The molecule has 0 N–H and O–H groups in total. The zero-order valence-corrected chi connectivity index (χ0v) is 27.9. The van der Waals surface area contributed by atoms with Crippen LogP contribution in [-0.2, 0) is 14.3 Å². The van der Waals surface area contributed by atoms with Crippen molar-refractivity contribution in [3.63, 3.8) is 0 Å². The average Bonchev–Trinajstić information content (AvgIpc) is 3.59. The number of hydrogen-bond donors (Lipinski definition) is 0. The van der Waals surface area contributed by atoms with Crippen molar-refractivity contribution in [3.05, 3.63) is 101 Å². The van der Waals surface area contributed by atoms with Gasteiger partial charge in [0.05, 0.1) is 47.8 Å². The molecular formula is C34H33ClN2O8S. The third kappa shape index (κ3) is 6.52. The van der Waals surface area contributed by atoms with Crippen molar-refractivity contribution >= 4 is 41.0 Å². The molecule has 10 nitrogen and oxygen atoms in total. The highest BCUT2D eigenvalue weighted by atomic mass is 35.5. The normalized spacial score (nSPS) is 14.7. The highest BCUT2D eigenvalue weighted by Crippen LogP contribution is 2.38. The lowest BCUT2D eigenvalue weighted by Gasteiger charge is -2.26. The molecule has 0 saturated carbocycles. The number of carbonyl (C=O) groups excluding carboxylic acids is 2. The van der Waals surface area contributed by atoms with Crippen LogP contribution in [0.25, 0.3) is 17.4 Å². The Labute approximate surface area is 274 Å². The third-order valence-corrected chi connectivity index (χ3v) is 8.24. The van der Waals surface area contributed by atoms with Gasteiger partial charge in [0.15, 0.2) is 4.80 Å². The summed E-state index contributed by atoms with van der Waals surface area (Å²) in [6, 6.07) is 12.5. The molecule has 0 aliphatic carbocycles.